The second-order valence-electron chi connectivity index (χ2n) is 7.02. The molecule has 0 radical (unpaired) electrons. The van der Waals surface area contributed by atoms with Crippen LogP contribution in [0.5, 0.6) is 5.75 Å². The summed E-state index contributed by atoms with van der Waals surface area (Å²) in [5.41, 5.74) is 2.76. The zero-order chi connectivity index (χ0) is 21.1. The second-order valence-corrected chi connectivity index (χ2v) is 8.88. The van der Waals surface area contributed by atoms with Crippen molar-refractivity contribution < 1.29 is 17.9 Å². The molecule has 1 aliphatic rings. The Balaban J connectivity index is 1.53. The number of para-hydroxylation sites is 1. The van der Waals surface area contributed by atoms with Crippen molar-refractivity contribution in [2.45, 2.75) is 17.7 Å². The Bertz CT molecular complexity index is 1160. The molecule has 1 aliphatic heterocycles. The van der Waals surface area contributed by atoms with Gasteiger partial charge in [-0.05, 0) is 73.0 Å². The number of ether oxygens (including phenoxy) is 1. The summed E-state index contributed by atoms with van der Waals surface area (Å²) in [6.07, 6.45) is 1.64. The van der Waals surface area contributed by atoms with Gasteiger partial charge in [-0.15, -0.1) is 0 Å². The Hall–Kier alpha value is -3.32. The fourth-order valence-corrected chi connectivity index (χ4v) is 5.07. The molecule has 0 unspecified atom stereocenters. The van der Waals surface area contributed by atoms with Gasteiger partial charge in [-0.25, -0.2) is 8.42 Å². The molecule has 0 fully saturated rings. The van der Waals surface area contributed by atoms with Gasteiger partial charge in [0.05, 0.1) is 17.7 Å². The first-order chi connectivity index (χ1) is 14.5. The third-order valence-electron chi connectivity index (χ3n) is 5.12. The van der Waals surface area contributed by atoms with Crippen molar-refractivity contribution in [3.05, 3.63) is 83.9 Å². The lowest BCUT2D eigenvalue weighted by atomic mass is 10.0. The molecule has 0 saturated heterocycles. The van der Waals surface area contributed by atoms with Gasteiger partial charge in [-0.1, -0.05) is 18.2 Å². The van der Waals surface area contributed by atoms with Crippen LogP contribution >= 0.6 is 0 Å². The van der Waals surface area contributed by atoms with Crippen molar-refractivity contribution in [3.8, 4) is 5.75 Å². The molecule has 0 spiro atoms. The van der Waals surface area contributed by atoms with Gasteiger partial charge in [-0.2, -0.15) is 0 Å². The maximum atomic E-state index is 13.2. The van der Waals surface area contributed by atoms with E-state index in [1.165, 1.54) is 28.6 Å². The number of amides is 1. The van der Waals surface area contributed by atoms with E-state index in [4.69, 9.17) is 4.74 Å². The van der Waals surface area contributed by atoms with Crippen LogP contribution in [0.25, 0.3) is 0 Å². The zero-order valence-corrected chi connectivity index (χ0v) is 17.4. The van der Waals surface area contributed by atoms with E-state index in [2.05, 4.69) is 5.32 Å². The monoisotopic (exact) mass is 422 g/mol. The van der Waals surface area contributed by atoms with Crippen LogP contribution in [0.1, 0.15) is 22.3 Å². The molecule has 6 nitrogen and oxygen atoms in total. The largest absolute Gasteiger partial charge is 0.497 e. The smallest absolute Gasteiger partial charge is 0.264 e. The van der Waals surface area contributed by atoms with Gasteiger partial charge in [0, 0.05) is 17.8 Å². The average molecular weight is 423 g/mol. The molecular formula is C23H22N2O4S. The number of rotatable bonds is 5. The van der Waals surface area contributed by atoms with Crippen LogP contribution < -0.4 is 14.4 Å². The Labute approximate surface area is 176 Å². The van der Waals surface area contributed by atoms with Crippen LogP contribution in [-0.4, -0.2) is 28.0 Å². The van der Waals surface area contributed by atoms with Crippen LogP contribution in [-0.2, 0) is 16.4 Å². The number of carbonyl (C=O) groups excluding carboxylic acids is 1. The van der Waals surface area contributed by atoms with E-state index in [1.807, 2.05) is 24.3 Å². The van der Waals surface area contributed by atoms with Crippen molar-refractivity contribution in [1.82, 2.24) is 0 Å². The molecule has 3 aromatic rings. The van der Waals surface area contributed by atoms with Crippen LogP contribution in [0.15, 0.2) is 77.7 Å². The van der Waals surface area contributed by atoms with Gasteiger partial charge in [0.15, 0.2) is 0 Å². The highest BCUT2D eigenvalue weighted by Crippen LogP contribution is 2.31. The lowest BCUT2D eigenvalue weighted by Crippen LogP contribution is -2.35. The van der Waals surface area contributed by atoms with Crippen molar-refractivity contribution in [3.63, 3.8) is 0 Å². The highest BCUT2D eigenvalue weighted by Gasteiger charge is 2.28. The third kappa shape index (κ3) is 3.89. The predicted octanol–water partition coefficient (Wildman–Crippen LogP) is 4.09. The molecule has 0 saturated carbocycles. The van der Waals surface area contributed by atoms with Crippen molar-refractivity contribution in [1.29, 1.82) is 0 Å². The summed E-state index contributed by atoms with van der Waals surface area (Å²) in [4.78, 5) is 12.7. The predicted molar refractivity (Wildman–Crippen MR) is 117 cm³/mol. The molecule has 154 valence electrons. The van der Waals surface area contributed by atoms with Crippen LogP contribution in [0.4, 0.5) is 11.4 Å². The minimum atomic E-state index is -3.70. The van der Waals surface area contributed by atoms with Gasteiger partial charge in [-0.3, -0.25) is 9.10 Å². The molecule has 0 aliphatic carbocycles. The highest BCUT2D eigenvalue weighted by molar-refractivity contribution is 7.92. The number of aryl methyl sites for hydroxylation is 1. The Morgan fingerprint density at radius 3 is 2.37 bits per heavy atom. The van der Waals surface area contributed by atoms with E-state index < -0.39 is 10.0 Å². The van der Waals surface area contributed by atoms with Crippen LogP contribution in [0.2, 0.25) is 0 Å². The van der Waals surface area contributed by atoms with E-state index in [-0.39, 0.29) is 10.8 Å². The number of fused-ring (bicyclic) bond motifs is 1. The van der Waals surface area contributed by atoms with Crippen molar-refractivity contribution in [2.75, 3.05) is 23.3 Å². The standard InChI is InChI=1S/C23H22N2O4S/c1-29-20-12-10-19(11-13-20)24-23(26)18-8-14-21(15-9-18)30(27,28)25-16-4-6-17-5-2-3-7-22(17)25/h2-3,5,7-15H,4,6,16H2,1H3,(H,24,26). The quantitative estimate of drug-likeness (QED) is 0.672. The van der Waals surface area contributed by atoms with E-state index in [1.54, 1.807) is 31.4 Å². The van der Waals surface area contributed by atoms with E-state index in [9.17, 15) is 13.2 Å². The van der Waals surface area contributed by atoms with Crippen molar-refractivity contribution in [2.24, 2.45) is 0 Å². The summed E-state index contributed by atoms with van der Waals surface area (Å²) >= 11 is 0. The van der Waals surface area contributed by atoms with E-state index in [0.717, 1.165) is 24.1 Å². The van der Waals surface area contributed by atoms with Gasteiger partial charge in [0.2, 0.25) is 0 Å². The average Bonchev–Trinajstić information content (AvgIpc) is 2.79. The first-order valence-electron chi connectivity index (χ1n) is 9.65. The Kier molecular flexibility index (Phi) is 5.46. The van der Waals surface area contributed by atoms with E-state index in [0.29, 0.717) is 23.5 Å². The molecule has 4 rings (SSSR count). The molecule has 1 heterocycles. The number of methoxy groups -OCH3 is 1. The lowest BCUT2D eigenvalue weighted by Gasteiger charge is -2.30. The highest BCUT2D eigenvalue weighted by atomic mass is 32.2. The number of benzene rings is 3. The second kappa shape index (κ2) is 8.20. The number of anilines is 2. The number of hydrogen-bond donors (Lipinski definition) is 1. The maximum Gasteiger partial charge on any atom is 0.264 e. The van der Waals surface area contributed by atoms with Crippen LogP contribution in [0, 0.1) is 0 Å². The fraction of sp³-hybridized carbons (Fsp3) is 0.174. The van der Waals surface area contributed by atoms with E-state index >= 15 is 0 Å². The third-order valence-corrected chi connectivity index (χ3v) is 6.95. The molecular weight excluding hydrogens is 400 g/mol. The SMILES string of the molecule is COc1ccc(NC(=O)c2ccc(S(=O)(=O)N3CCCc4ccccc43)cc2)cc1. The van der Waals surface area contributed by atoms with Crippen molar-refractivity contribution >= 4 is 27.3 Å². The molecule has 3 aromatic carbocycles. The summed E-state index contributed by atoms with van der Waals surface area (Å²) in [5, 5.41) is 2.79. The summed E-state index contributed by atoms with van der Waals surface area (Å²) < 4.78 is 33.0. The number of sulfonamides is 1. The van der Waals surface area contributed by atoms with Gasteiger partial charge < -0.3 is 10.1 Å². The Morgan fingerprint density at radius 2 is 1.67 bits per heavy atom. The summed E-state index contributed by atoms with van der Waals surface area (Å²) in [6, 6.07) is 20.6. The lowest BCUT2D eigenvalue weighted by molar-refractivity contribution is 0.102. The van der Waals surface area contributed by atoms with Gasteiger partial charge >= 0.3 is 0 Å². The number of hydrogen-bond acceptors (Lipinski definition) is 4. The molecule has 1 N–H and O–H groups in total. The fourth-order valence-electron chi connectivity index (χ4n) is 3.53. The van der Waals surface area contributed by atoms with Gasteiger partial charge in [0.25, 0.3) is 15.9 Å². The number of carbonyl (C=O) groups is 1. The molecule has 1 amide bonds. The molecule has 30 heavy (non-hydrogen) atoms. The molecule has 0 bridgehead atoms. The first kappa shape index (κ1) is 20.0. The van der Waals surface area contributed by atoms with Crippen LogP contribution in [0.3, 0.4) is 0 Å². The number of nitrogens with zero attached hydrogens (tertiary/aromatic N) is 1. The summed E-state index contributed by atoms with van der Waals surface area (Å²) in [6.45, 7) is 0.444. The topological polar surface area (TPSA) is 75.7 Å². The minimum absolute atomic E-state index is 0.167. The zero-order valence-electron chi connectivity index (χ0n) is 16.5. The molecule has 0 aromatic heterocycles. The molecule has 0 atom stereocenters. The molecule has 7 heteroatoms. The maximum absolute atomic E-state index is 13.2. The Morgan fingerprint density at radius 1 is 0.967 bits per heavy atom. The normalized spacial score (nSPS) is 13.4. The van der Waals surface area contributed by atoms with Gasteiger partial charge in [0.1, 0.15) is 5.75 Å². The minimum Gasteiger partial charge on any atom is -0.497 e. The first-order valence-corrected chi connectivity index (χ1v) is 11.1. The summed E-state index contributed by atoms with van der Waals surface area (Å²) in [7, 11) is -2.12. The summed E-state index contributed by atoms with van der Waals surface area (Å²) in [5.74, 6) is 0.384. The number of nitrogens with one attached hydrogen (secondary N) is 1.